The Labute approximate surface area is 119 Å². The van der Waals surface area contributed by atoms with E-state index in [1.165, 1.54) is 25.9 Å². The number of likely N-dealkylation sites (tertiary alicyclic amines) is 1. The maximum atomic E-state index is 6.01. The van der Waals surface area contributed by atoms with Crippen LogP contribution >= 0.6 is 11.6 Å². The van der Waals surface area contributed by atoms with Crippen molar-refractivity contribution in [2.45, 2.75) is 19.4 Å². The van der Waals surface area contributed by atoms with Crippen molar-refractivity contribution in [2.24, 2.45) is 0 Å². The second kappa shape index (κ2) is 7.03. The molecular weight excluding hydrogens is 264 g/mol. The van der Waals surface area contributed by atoms with Crippen LogP contribution in [0, 0.1) is 0 Å². The first-order valence-electron chi connectivity index (χ1n) is 6.65. The van der Waals surface area contributed by atoms with Crippen LogP contribution in [0.3, 0.4) is 0 Å². The minimum absolute atomic E-state index is 0.382. The van der Waals surface area contributed by atoms with Gasteiger partial charge in [0.15, 0.2) is 5.82 Å². The number of ether oxygens (including phenoxy) is 1. The number of rotatable bonds is 6. The minimum Gasteiger partial charge on any atom is -0.377 e. The van der Waals surface area contributed by atoms with Crippen LogP contribution in [0.25, 0.3) is 0 Å². The molecule has 1 aromatic heterocycles. The van der Waals surface area contributed by atoms with Gasteiger partial charge >= 0.3 is 0 Å². The van der Waals surface area contributed by atoms with Crippen LogP contribution in [0.4, 0.5) is 5.82 Å². The molecule has 0 amide bonds. The van der Waals surface area contributed by atoms with Crippen molar-refractivity contribution in [3.05, 3.63) is 17.0 Å². The van der Waals surface area contributed by atoms with Gasteiger partial charge in [-0.25, -0.2) is 9.97 Å². The molecule has 0 unspecified atom stereocenters. The normalized spacial score (nSPS) is 15.9. The lowest BCUT2D eigenvalue weighted by atomic mass is 10.4. The Morgan fingerprint density at radius 3 is 2.79 bits per heavy atom. The largest absolute Gasteiger partial charge is 0.377 e. The zero-order valence-corrected chi connectivity index (χ0v) is 12.4. The molecule has 0 radical (unpaired) electrons. The Balaban J connectivity index is 1.94. The molecule has 0 aromatic carbocycles. The second-order valence-corrected chi connectivity index (χ2v) is 5.26. The summed E-state index contributed by atoms with van der Waals surface area (Å²) in [5.74, 6) is 1.48. The predicted octanol–water partition coefficient (Wildman–Crippen LogP) is 1.81. The molecule has 5 nitrogen and oxygen atoms in total. The number of hydrogen-bond acceptors (Lipinski definition) is 5. The number of methoxy groups -OCH3 is 1. The Morgan fingerprint density at radius 2 is 2.11 bits per heavy atom. The number of anilines is 1. The molecule has 0 N–H and O–H groups in total. The molecule has 106 valence electrons. The summed E-state index contributed by atoms with van der Waals surface area (Å²) >= 11 is 6.01. The SMILES string of the molecule is COCc1nc(Cl)cc(N(C)CCN2CCCC2)n1. The van der Waals surface area contributed by atoms with Gasteiger partial charge in [0.05, 0.1) is 0 Å². The third kappa shape index (κ3) is 4.30. The van der Waals surface area contributed by atoms with Gasteiger partial charge in [-0.05, 0) is 25.9 Å². The van der Waals surface area contributed by atoms with Gasteiger partial charge in [0, 0.05) is 33.3 Å². The summed E-state index contributed by atoms with van der Waals surface area (Å²) in [7, 11) is 3.66. The lowest BCUT2D eigenvalue weighted by Gasteiger charge is -2.22. The molecule has 19 heavy (non-hydrogen) atoms. The van der Waals surface area contributed by atoms with Crippen LogP contribution in [0.2, 0.25) is 5.15 Å². The fraction of sp³-hybridized carbons (Fsp3) is 0.692. The van der Waals surface area contributed by atoms with Crippen molar-refractivity contribution < 1.29 is 4.74 Å². The van der Waals surface area contributed by atoms with E-state index in [9.17, 15) is 0 Å². The van der Waals surface area contributed by atoms with E-state index in [0.29, 0.717) is 17.6 Å². The summed E-state index contributed by atoms with van der Waals surface area (Å²) < 4.78 is 5.05. The molecule has 2 heterocycles. The number of aromatic nitrogens is 2. The average Bonchev–Trinajstić information content (AvgIpc) is 2.88. The average molecular weight is 285 g/mol. The smallest absolute Gasteiger partial charge is 0.158 e. The maximum absolute atomic E-state index is 6.01. The first kappa shape index (κ1) is 14.5. The summed E-state index contributed by atoms with van der Waals surface area (Å²) in [6.45, 7) is 4.83. The maximum Gasteiger partial charge on any atom is 0.158 e. The molecule has 1 aliphatic rings. The van der Waals surface area contributed by atoms with Crippen molar-refractivity contribution >= 4 is 17.4 Å². The summed E-state index contributed by atoms with van der Waals surface area (Å²) in [4.78, 5) is 13.2. The van der Waals surface area contributed by atoms with Crippen molar-refractivity contribution in [1.82, 2.24) is 14.9 Å². The summed E-state index contributed by atoms with van der Waals surface area (Å²) in [5, 5.41) is 0.463. The first-order chi connectivity index (χ1) is 9.19. The van der Waals surface area contributed by atoms with Crippen LogP contribution in [-0.2, 0) is 11.3 Å². The van der Waals surface area contributed by atoms with Crippen LogP contribution in [0.15, 0.2) is 6.07 Å². The topological polar surface area (TPSA) is 41.5 Å². The van der Waals surface area contributed by atoms with E-state index in [0.717, 1.165) is 18.9 Å². The molecular formula is C13H21ClN4O. The highest BCUT2D eigenvalue weighted by atomic mass is 35.5. The van der Waals surface area contributed by atoms with Gasteiger partial charge < -0.3 is 14.5 Å². The number of nitrogens with zero attached hydrogens (tertiary/aromatic N) is 4. The Hall–Kier alpha value is -0.910. The van der Waals surface area contributed by atoms with Crippen LogP contribution in [0.1, 0.15) is 18.7 Å². The molecule has 1 saturated heterocycles. The zero-order chi connectivity index (χ0) is 13.7. The van der Waals surface area contributed by atoms with Crippen LogP contribution in [-0.4, -0.2) is 55.2 Å². The third-order valence-corrected chi connectivity index (χ3v) is 3.54. The third-order valence-electron chi connectivity index (χ3n) is 3.34. The van der Waals surface area contributed by atoms with E-state index >= 15 is 0 Å². The predicted molar refractivity (Wildman–Crippen MR) is 76.7 cm³/mol. The van der Waals surface area contributed by atoms with E-state index in [1.54, 1.807) is 13.2 Å². The van der Waals surface area contributed by atoms with Crippen LogP contribution < -0.4 is 4.90 Å². The fourth-order valence-electron chi connectivity index (χ4n) is 2.25. The van der Waals surface area contributed by atoms with Gasteiger partial charge in [-0.3, -0.25) is 0 Å². The van der Waals surface area contributed by atoms with Crippen LogP contribution in [0.5, 0.6) is 0 Å². The number of likely N-dealkylation sites (N-methyl/N-ethyl adjacent to an activating group) is 1. The van der Waals surface area contributed by atoms with Crippen molar-refractivity contribution in [3.8, 4) is 0 Å². The molecule has 0 atom stereocenters. The number of halogens is 1. The Bertz CT molecular complexity index is 410. The summed E-state index contributed by atoms with van der Waals surface area (Å²) in [5.41, 5.74) is 0. The fourth-order valence-corrected chi connectivity index (χ4v) is 2.45. The molecule has 1 aromatic rings. The van der Waals surface area contributed by atoms with Crippen molar-refractivity contribution in [3.63, 3.8) is 0 Å². The standard InChI is InChI=1S/C13H21ClN4O/c1-17(7-8-18-5-3-4-6-18)13-9-11(14)15-12(16-13)10-19-2/h9H,3-8,10H2,1-2H3. The number of hydrogen-bond donors (Lipinski definition) is 0. The molecule has 0 aliphatic carbocycles. The van der Waals surface area contributed by atoms with Crippen molar-refractivity contribution in [2.75, 3.05) is 45.2 Å². The van der Waals surface area contributed by atoms with Crippen molar-refractivity contribution in [1.29, 1.82) is 0 Å². The van der Waals surface area contributed by atoms with Gasteiger partial charge in [-0.2, -0.15) is 0 Å². The van der Waals surface area contributed by atoms with Gasteiger partial charge in [0.1, 0.15) is 17.6 Å². The minimum atomic E-state index is 0.382. The molecule has 1 aliphatic heterocycles. The highest BCUT2D eigenvalue weighted by molar-refractivity contribution is 6.29. The first-order valence-corrected chi connectivity index (χ1v) is 7.02. The summed E-state index contributed by atoms with van der Waals surface area (Å²) in [6, 6.07) is 1.80. The monoisotopic (exact) mass is 284 g/mol. The molecule has 0 spiro atoms. The van der Waals surface area contributed by atoms with Gasteiger partial charge in [0.2, 0.25) is 0 Å². The summed E-state index contributed by atoms with van der Waals surface area (Å²) in [6.07, 6.45) is 2.64. The molecule has 2 rings (SSSR count). The van der Waals surface area contributed by atoms with Gasteiger partial charge in [0.25, 0.3) is 0 Å². The van der Waals surface area contributed by atoms with Gasteiger partial charge in [-0.1, -0.05) is 11.6 Å². The second-order valence-electron chi connectivity index (χ2n) is 4.87. The van der Waals surface area contributed by atoms with E-state index in [4.69, 9.17) is 16.3 Å². The van der Waals surface area contributed by atoms with E-state index in [-0.39, 0.29) is 0 Å². The highest BCUT2D eigenvalue weighted by Gasteiger charge is 2.13. The quantitative estimate of drug-likeness (QED) is 0.745. The van der Waals surface area contributed by atoms with E-state index in [1.807, 2.05) is 7.05 Å². The molecule has 6 heteroatoms. The zero-order valence-electron chi connectivity index (χ0n) is 11.6. The Kier molecular flexibility index (Phi) is 5.36. The Morgan fingerprint density at radius 1 is 1.37 bits per heavy atom. The molecule has 0 saturated carbocycles. The van der Waals surface area contributed by atoms with E-state index < -0.39 is 0 Å². The van der Waals surface area contributed by atoms with E-state index in [2.05, 4.69) is 19.8 Å². The lowest BCUT2D eigenvalue weighted by molar-refractivity contribution is 0.178. The van der Waals surface area contributed by atoms with Gasteiger partial charge in [-0.15, -0.1) is 0 Å². The highest BCUT2D eigenvalue weighted by Crippen LogP contribution is 2.16. The molecule has 1 fully saturated rings. The molecule has 0 bridgehead atoms. The lowest BCUT2D eigenvalue weighted by Crippen LogP contribution is -2.32.